The summed E-state index contributed by atoms with van der Waals surface area (Å²) in [7, 11) is 1.56. The van der Waals surface area contributed by atoms with Gasteiger partial charge in [0.2, 0.25) is 5.88 Å². The fourth-order valence-corrected chi connectivity index (χ4v) is 8.06. The average Bonchev–Trinajstić information content (AvgIpc) is 3.23. The monoisotopic (exact) mass is 552 g/mol. The van der Waals surface area contributed by atoms with Crippen LogP contribution in [0.1, 0.15) is 56.6 Å². The molecule has 1 aliphatic heterocycles. The van der Waals surface area contributed by atoms with Crippen LogP contribution in [0.4, 0.5) is 5.69 Å². The minimum absolute atomic E-state index is 0.143. The predicted molar refractivity (Wildman–Crippen MR) is 156 cm³/mol. The number of nitrogens with one attached hydrogen (secondary N) is 1. The highest BCUT2D eigenvalue weighted by molar-refractivity contribution is 6.32. The molecule has 9 nitrogen and oxygen atoms in total. The molecule has 0 atom stereocenters. The molecule has 1 aromatic heterocycles. The number of benzene rings is 2. The summed E-state index contributed by atoms with van der Waals surface area (Å²) in [6.07, 6.45) is 9.05. The third-order valence-corrected chi connectivity index (χ3v) is 9.57. The van der Waals surface area contributed by atoms with E-state index in [1.807, 2.05) is 12.1 Å². The fraction of sp³-hybridized carbons (Fsp3) is 0.375. The topological polar surface area (TPSA) is 117 Å². The quantitative estimate of drug-likeness (QED) is 0.452. The molecule has 4 aliphatic carbocycles. The number of aromatic nitrogens is 2. The number of hydrogen-bond donors (Lipinski definition) is 2. The number of anilines is 1. The Morgan fingerprint density at radius 3 is 2.10 bits per heavy atom. The van der Waals surface area contributed by atoms with Crippen LogP contribution in [0.5, 0.6) is 11.6 Å². The van der Waals surface area contributed by atoms with Crippen LogP contribution < -0.4 is 21.0 Å². The first kappa shape index (κ1) is 25.6. The van der Waals surface area contributed by atoms with Crippen molar-refractivity contribution in [3.8, 4) is 17.3 Å². The van der Waals surface area contributed by atoms with Gasteiger partial charge in [0.1, 0.15) is 11.3 Å². The lowest BCUT2D eigenvalue weighted by molar-refractivity contribution is -0.114. The van der Waals surface area contributed by atoms with Gasteiger partial charge in [0.25, 0.3) is 11.5 Å². The van der Waals surface area contributed by atoms with Crippen molar-refractivity contribution in [1.29, 1.82) is 0 Å². The second-order valence-corrected chi connectivity index (χ2v) is 12.1. The van der Waals surface area contributed by atoms with E-state index >= 15 is 0 Å². The summed E-state index contributed by atoms with van der Waals surface area (Å²) in [5.74, 6) is 2.10. The molecule has 8 rings (SSSR count). The van der Waals surface area contributed by atoms with Gasteiger partial charge in [-0.3, -0.25) is 14.6 Å². The molecule has 0 unspecified atom stereocenters. The molecule has 3 aromatic rings. The van der Waals surface area contributed by atoms with Crippen LogP contribution >= 0.6 is 0 Å². The van der Waals surface area contributed by atoms with Gasteiger partial charge in [0.05, 0.1) is 29.8 Å². The molecule has 9 heteroatoms. The standard InChI is InChI=1S/C32H32N4O5/c1-18-26(30(39)36(34-18)24-7-9-25(41-2)10-8-24)14-27-28(37)33-31(40)35(29(27)38)23-5-3-22(4-6-23)32-15-19-11-20(16-32)13-21(12-19)17-32/h3-10,14,19-21,38H,11-13,15-17H2,1-2H3,(H,33,37,40)/b26-14+. The van der Waals surface area contributed by atoms with Crippen LogP contribution in [0, 0.1) is 17.8 Å². The van der Waals surface area contributed by atoms with Gasteiger partial charge in [0.15, 0.2) is 0 Å². The zero-order chi connectivity index (χ0) is 28.5. The molecule has 4 bridgehead atoms. The smallest absolute Gasteiger partial charge is 0.335 e. The Morgan fingerprint density at radius 1 is 0.927 bits per heavy atom. The lowest BCUT2D eigenvalue weighted by Gasteiger charge is -2.57. The highest BCUT2D eigenvalue weighted by Gasteiger charge is 2.51. The van der Waals surface area contributed by atoms with Crippen molar-refractivity contribution in [2.45, 2.75) is 50.9 Å². The maximum absolute atomic E-state index is 13.3. The first-order chi connectivity index (χ1) is 19.7. The first-order valence-corrected chi connectivity index (χ1v) is 14.2. The van der Waals surface area contributed by atoms with E-state index in [1.54, 1.807) is 38.3 Å². The van der Waals surface area contributed by atoms with Crippen LogP contribution in [0.15, 0.2) is 68.8 Å². The van der Waals surface area contributed by atoms with Crippen molar-refractivity contribution in [3.05, 3.63) is 86.1 Å². The van der Waals surface area contributed by atoms with Gasteiger partial charge in [-0.05, 0) is 117 Å². The Morgan fingerprint density at radius 2 is 1.51 bits per heavy atom. The first-order valence-electron chi connectivity index (χ1n) is 14.2. The molecule has 4 saturated carbocycles. The van der Waals surface area contributed by atoms with E-state index in [4.69, 9.17) is 4.74 Å². The molecule has 210 valence electrons. The van der Waals surface area contributed by atoms with E-state index in [9.17, 15) is 19.5 Å². The number of aromatic hydroxyl groups is 1. The molecule has 41 heavy (non-hydrogen) atoms. The van der Waals surface area contributed by atoms with Crippen molar-refractivity contribution in [2.24, 2.45) is 22.9 Å². The van der Waals surface area contributed by atoms with Crippen molar-refractivity contribution >= 4 is 23.4 Å². The number of H-pyrrole nitrogens is 1. The Labute approximate surface area is 236 Å². The fourth-order valence-electron chi connectivity index (χ4n) is 8.06. The van der Waals surface area contributed by atoms with E-state index in [0.29, 0.717) is 22.8 Å². The van der Waals surface area contributed by atoms with Crippen molar-refractivity contribution in [2.75, 3.05) is 12.1 Å². The summed E-state index contributed by atoms with van der Waals surface area (Å²) in [5, 5.41) is 16.8. The highest BCUT2D eigenvalue weighted by Crippen LogP contribution is 2.60. The second-order valence-electron chi connectivity index (χ2n) is 12.1. The SMILES string of the molecule is COc1ccc(N2N=C(C)/C(=C\c3c(O)n(-c4ccc(C56CC7CC(CC(C7)C5)C6)cc4)c(=O)[nH]c3=O)C2=O)cc1. The summed E-state index contributed by atoms with van der Waals surface area (Å²) in [6.45, 7) is 1.65. The summed E-state index contributed by atoms with van der Waals surface area (Å²) < 4.78 is 6.25. The highest BCUT2D eigenvalue weighted by atomic mass is 16.5. The van der Waals surface area contributed by atoms with Crippen LogP contribution in [0.3, 0.4) is 0 Å². The maximum Gasteiger partial charge on any atom is 0.335 e. The molecule has 5 aliphatic rings. The second kappa shape index (κ2) is 9.33. The normalized spacial score (nSPS) is 27.5. The summed E-state index contributed by atoms with van der Waals surface area (Å²) >= 11 is 0. The van der Waals surface area contributed by atoms with Gasteiger partial charge in [-0.1, -0.05) is 12.1 Å². The number of ether oxygens (including phenoxy) is 1. The van der Waals surface area contributed by atoms with Crippen molar-refractivity contribution in [3.63, 3.8) is 0 Å². The molecule has 4 fully saturated rings. The molecule has 2 N–H and O–H groups in total. The molecule has 0 spiro atoms. The summed E-state index contributed by atoms with van der Waals surface area (Å²) in [4.78, 5) is 41.3. The minimum atomic E-state index is -0.787. The van der Waals surface area contributed by atoms with E-state index in [-0.39, 0.29) is 16.6 Å². The molecule has 1 amide bonds. The van der Waals surface area contributed by atoms with E-state index in [0.717, 1.165) is 22.3 Å². The third kappa shape index (κ3) is 4.13. The van der Waals surface area contributed by atoms with E-state index in [1.165, 1.54) is 55.2 Å². The zero-order valence-corrected chi connectivity index (χ0v) is 23.1. The average molecular weight is 553 g/mol. The zero-order valence-electron chi connectivity index (χ0n) is 23.1. The summed E-state index contributed by atoms with van der Waals surface area (Å²) in [5.41, 5.74) is 1.26. The molecule has 2 aromatic carbocycles. The van der Waals surface area contributed by atoms with E-state index in [2.05, 4.69) is 22.2 Å². The van der Waals surface area contributed by atoms with Crippen LogP contribution in [0.25, 0.3) is 11.8 Å². The van der Waals surface area contributed by atoms with Gasteiger partial charge in [-0.2, -0.15) is 10.1 Å². The Hall–Kier alpha value is -4.40. The number of rotatable bonds is 5. The maximum atomic E-state index is 13.3. The van der Waals surface area contributed by atoms with Gasteiger partial charge < -0.3 is 9.84 Å². The molecule has 0 saturated heterocycles. The van der Waals surface area contributed by atoms with Crippen LogP contribution in [-0.4, -0.2) is 33.4 Å². The Kier molecular flexibility index (Phi) is 5.81. The van der Waals surface area contributed by atoms with Gasteiger partial charge in [-0.25, -0.2) is 9.36 Å². The third-order valence-electron chi connectivity index (χ3n) is 9.57. The molecule has 0 radical (unpaired) electrons. The Balaban J connectivity index is 1.22. The summed E-state index contributed by atoms with van der Waals surface area (Å²) in [6, 6.07) is 14.7. The lowest BCUT2D eigenvalue weighted by Crippen LogP contribution is -2.48. The van der Waals surface area contributed by atoms with Crippen molar-refractivity contribution < 1.29 is 14.6 Å². The lowest BCUT2D eigenvalue weighted by atomic mass is 9.48. The number of hydrogen-bond acceptors (Lipinski definition) is 6. The molecule has 2 heterocycles. The van der Waals surface area contributed by atoms with Gasteiger partial charge in [0, 0.05) is 0 Å². The van der Waals surface area contributed by atoms with Crippen molar-refractivity contribution in [1.82, 2.24) is 9.55 Å². The predicted octanol–water partition coefficient (Wildman–Crippen LogP) is 4.51. The number of carbonyl (C=O) groups is 1. The largest absolute Gasteiger partial charge is 0.497 e. The van der Waals surface area contributed by atoms with E-state index < -0.39 is 23.0 Å². The molecular weight excluding hydrogens is 520 g/mol. The van der Waals surface area contributed by atoms with Gasteiger partial charge >= 0.3 is 5.69 Å². The number of hydrazone groups is 1. The Bertz CT molecular complexity index is 1690. The number of aromatic amines is 1. The number of methoxy groups -OCH3 is 1. The molecular formula is C32H32N4O5. The number of amides is 1. The number of carbonyl (C=O) groups excluding carboxylic acids is 1. The van der Waals surface area contributed by atoms with Gasteiger partial charge in [-0.15, -0.1) is 0 Å². The minimum Gasteiger partial charge on any atom is -0.497 e. The van der Waals surface area contributed by atoms with Crippen LogP contribution in [0.2, 0.25) is 0 Å². The van der Waals surface area contributed by atoms with Crippen LogP contribution in [-0.2, 0) is 10.2 Å². The number of nitrogens with zero attached hydrogens (tertiary/aromatic N) is 3.